The number of nitrogens with zero attached hydrogens (tertiary/aromatic N) is 2. The van der Waals surface area contributed by atoms with Crippen molar-refractivity contribution >= 4 is 0 Å². The highest BCUT2D eigenvalue weighted by molar-refractivity contribution is 5.01. The second-order valence-corrected chi connectivity index (χ2v) is 3.34. The molecule has 1 fully saturated rings. The van der Waals surface area contributed by atoms with E-state index in [2.05, 4.69) is 5.10 Å². The molecule has 1 saturated heterocycles. The zero-order chi connectivity index (χ0) is 9.10. The molecule has 1 aliphatic heterocycles. The minimum absolute atomic E-state index is 0.391. The highest BCUT2D eigenvalue weighted by Crippen LogP contribution is 2.19. The van der Waals surface area contributed by atoms with Crippen LogP contribution in [0.25, 0.3) is 0 Å². The van der Waals surface area contributed by atoms with E-state index in [9.17, 15) is 0 Å². The van der Waals surface area contributed by atoms with Gasteiger partial charge in [0.2, 0.25) is 0 Å². The summed E-state index contributed by atoms with van der Waals surface area (Å²) in [5.41, 5.74) is 6.69. The second kappa shape index (κ2) is 3.89. The zero-order valence-electron chi connectivity index (χ0n) is 7.65. The van der Waals surface area contributed by atoms with Crippen LogP contribution in [0.1, 0.15) is 24.6 Å². The predicted molar refractivity (Wildman–Crippen MR) is 49.2 cm³/mol. The number of aromatic nitrogens is 2. The van der Waals surface area contributed by atoms with E-state index in [-0.39, 0.29) is 0 Å². The summed E-state index contributed by atoms with van der Waals surface area (Å²) in [5, 5.41) is 4.27. The first-order valence-corrected chi connectivity index (χ1v) is 4.72. The molecule has 2 rings (SSSR count). The van der Waals surface area contributed by atoms with E-state index in [4.69, 9.17) is 10.5 Å². The third-order valence-electron chi connectivity index (χ3n) is 2.44. The van der Waals surface area contributed by atoms with Crippen LogP contribution in [0.2, 0.25) is 0 Å². The average Bonchev–Trinajstić information content (AvgIpc) is 2.67. The Balaban J connectivity index is 2.13. The Morgan fingerprint density at radius 3 is 3.31 bits per heavy atom. The molecule has 72 valence electrons. The first-order valence-electron chi connectivity index (χ1n) is 4.72. The molecule has 0 aliphatic carbocycles. The van der Waals surface area contributed by atoms with Gasteiger partial charge in [-0.15, -0.1) is 0 Å². The summed E-state index contributed by atoms with van der Waals surface area (Å²) in [7, 11) is 0. The molecular formula is C9H15N3O. The lowest BCUT2D eigenvalue weighted by Gasteiger charge is -2.23. The molecule has 1 aromatic heterocycles. The number of nitrogens with two attached hydrogens (primary N) is 1. The molecule has 4 heteroatoms. The number of hydrogen-bond acceptors (Lipinski definition) is 3. The molecule has 1 aliphatic rings. The van der Waals surface area contributed by atoms with Gasteiger partial charge in [0.15, 0.2) is 0 Å². The maximum atomic E-state index is 5.60. The molecule has 4 nitrogen and oxygen atoms in total. The maximum absolute atomic E-state index is 5.60. The van der Waals surface area contributed by atoms with Crippen LogP contribution < -0.4 is 5.73 Å². The normalized spacial score (nSPS) is 23.3. The molecule has 2 N–H and O–H groups in total. The minimum Gasteiger partial charge on any atom is -0.379 e. The van der Waals surface area contributed by atoms with Crippen LogP contribution in [0.15, 0.2) is 12.3 Å². The van der Waals surface area contributed by atoms with Crippen molar-refractivity contribution in [1.29, 1.82) is 0 Å². The predicted octanol–water partition coefficient (Wildman–Crippen LogP) is 0.693. The molecule has 0 amide bonds. The van der Waals surface area contributed by atoms with Crippen molar-refractivity contribution in [3.63, 3.8) is 0 Å². The van der Waals surface area contributed by atoms with Crippen molar-refractivity contribution in [1.82, 2.24) is 9.78 Å². The molecule has 0 bridgehead atoms. The first-order chi connectivity index (χ1) is 6.42. The van der Waals surface area contributed by atoms with Crippen molar-refractivity contribution in [3.05, 3.63) is 18.0 Å². The van der Waals surface area contributed by atoms with Crippen LogP contribution >= 0.6 is 0 Å². The van der Waals surface area contributed by atoms with Crippen molar-refractivity contribution < 1.29 is 4.74 Å². The van der Waals surface area contributed by atoms with Crippen molar-refractivity contribution in [2.45, 2.75) is 25.4 Å². The Hall–Kier alpha value is -0.870. The third-order valence-corrected chi connectivity index (χ3v) is 2.44. The fraction of sp³-hybridized carbons (Fsp3) is 0.667. The lowest BCUT2D eigenvalue weighted by atomic mass is 10.1. The summed E-state index contributed by atoms with van der Waals surface area (Å²) in [6.45, 7) is 2.21. The van der Waals surface area contributed by atoms with Crippen molar-refractivity contribution in [3.8, 4) is 0 Å². The summed E-state index contributed by atoms with van der Waals surface area (Å²) in [5.74, 6) is 0. The van der Waals surface area contributed by atoms with Crippen molar-refractivity contribution in [2.75, 3.05) is 13.2 Å². The molecule has 1 aromatic rings. The van der Waals surface area contributed by atoms with Crippen LogP contribution in [0.3, 0.4) is 0 Å². The molecule has 0 radical (unpaired) electrons. The summed E-state index contributed by atoms with van der Waals surface area (Å²) in [4.78, 5) is 0. The van der Waals surface area contributed by atoms with E-state index in [0.29, 0.717) is 12.6 Å². The highest BCUT2D eigenvalue weighted by atomic mass is 16.5. The molecule has 0 saturated carbocycles. The minimum atomic E-state index is 0.391. The summed E-state index contributed by atoms with van der Waals surface area (Å²) >= 11 is 0. The van der Waals surface area contributed by atoms with E-state index in [1.165, 1.54) is 0 Å². The molecule has 0 spiro atoms. The molecule has 1 unspecified atom stereocenters. The van der Waals surface area contributed by atoms with Gasteiger partial charge in [0.05, 0.1) is 18.3 Å². The number of hydrogen-bond donors (Lipinski definition) is 1. The Morgan fingerprint density at radius 2 is 2.62 bits per heavy atom. The first kappa shape index (κ1) is 8.72. The van der Waals surface area contributed by atoms with Gasteiger partial charge in [-0.3, -0.25) is 4.68 Å². The van der Waals surface area contributed by atoms with Gasteiger partial charge in [0, 0.05) is 19.3 Å². The summed E-state index contributed by atoms with van der Waals surface area (Å²) < 4.78 is 7.40. The quantitative estimate of drug-likeness (QED) is 0.730. The summed E-state index contributed by atoms with van der Waals surface area (Å²) in [6, 6.07) is 2.36. The third kappa shape index (κ3) is 1.73. The van der Waals surface area contributed by atoms with E-state index < -0.39 is 0 Å². The zero-order valence-corrected chi connectivity index (χ0v) is 7.65. The highest BCUT2D eigenvalue weighted by Gasteiger charge is 2.17. The molecular weight excluding hydrogens is 166 g/mol. The Labute approximate surface area is 77.7 Å². The molecule has 0 aromatic carbocycles. The van der Waals surface area contributed by atoms with Crippen LogP contribution in [-0.4, -0.2) is 23.0 Å². The largest absolute Gasteiger partial charge is 0.379 e. The van der Waals surface area contributed by atoms with Gasteiger partial charge in [0.1, 0.15) is 0 Å². The molecule has 2 heterocycles. The van der Waals surface area contributed by atoms with E-state index in [1.807, 2.05) is 10.7 Å². The van der Waals surface area contributed by atoms with Crippen LogP contribution in [0, 0.1) is 0 Å². The van der Waals surface area contributed by atoms with Crippen LogP contribution in [0.4, 0.5) is 0 Å². The standard InChI is InChI=1S/C9H15N3O/c10-6-8-3-4-11-12(8)9-2-1-5-13-7-9/h3-4,9H,1-2,5-7,10H2. The van der Waals surface area contributed by atoms with Crippen LogP contribution in [0.5, 0.6) is 0 Å². The van der Waals surface area contributed by atoms with Gasteiger partial charge in [-0.05, 0) is 18.9 Å². The van der Waals surface area contributed by atoms with Gasteiger partial charge >= 0.3 is 0 Å². The summed E-state index contributed by atoms with van der Waals surface area (Å²) in [6.07, 6.45) is 4.07. The van der Waals surface area contributed by atoms with Gasteiger partial charge in [-0.1, -0.05) is 0 Å². The van der Waals surface area contributed by atoms with Crippen molar-refractivity contribution in [2.24, 2.45) is 5.73 Å². The van der Waals surface area contributed by atoms with Gasteiger partial charge < -0.3 is 10.5 Å². The van der Waals surface area contributed by atoms with E-state index in [1.54, 1.807) is 6.20 Å². The Bertz CT molecular complexity index is 266. The number of ether oxygens (including phenoxy) is 1. The number of rotatable bonds is 2. The lowest BCUT2D eigenvalue weighted by molar-refractivity contribution is 0.0539. The van der Waals surface area contributed by atoms with Gasteiger partial charge in [-0.2, -0.15) is 5.10 Å². The SMILES string of the molecule is NCc1ccnn1C1CCCOC1. The Morgan fingerprint density at radius 1 is 1.69 bits per heavy atom. The Kier molecular flexibility index (Phi) is 2.61. The fourth-order valence-corrected chi connectivity index (χ4v) is 1.75. The van der Waals surface area contributed by atoms with Crippen LogP contribution in [-0.2, 0) is 11.3 Å². The monoisotopic (exact) mass is 181 g/mol. The topological polar surface area (TPSA) is 53.1 Å². The van der Waals surface area contributed by atoms with E-state index in [0.717, 1.165) is 31.7 Å². The van der Waals surface area contributed by atoms with Gasteiger partial charge in [-0.25, -0.2) is 0 Å². The molecule has 13 heavy (non-hydrogen) atoms. The maximum Gasteiger partial charge on any atom is 0.0757 e. The van der Waals surface area contributed by atoms with E-state index >= 15 is 0 Å². The lowest BCUT2D eigenvalue weighted by Crippen LogP contribution is -2.24. The second-order valence-electron chi connectivity index (χ2n) is 3.34. The smallest absolute Gasteiger partial charge is 0.0757 e. The van der Waals surface area contributed by atoms with Gasteiger partial charge in [0.25, 0.3) is 0 Å². The molecule has 1 atom stereocenters. The fourth-order valence-electron chi connectivity index (χ4n) is 1.75. The average molecular weight is 181 g/mol.